The smallest absolute Gasteiger partial charge is 0.504 e. The Labute approximate surface area is 185 Å². The van der Waals surface area contributed by atoms with E-state index in [2.05, 4.69) is 9.95 Å². The minimum absolute atomic E-state index is 0. The molecule has 1 unspecified atom stereocenters. The van der Waals surface area contributed by atoms with Crippen molar-refractivity contribution >= 4 is 19.7 Å². The van der Waals surface area contributed by atoms with Crippen molar-refractivity contribution in [3.63, 3.8) is 0 Å². The summed E-state index contributed by atoms with van der Waals surface area (Å²) in [6, 6.07) is 2.59. The summed E-state index contributed by atoms with van der Waals surface area (Å²) in [5, 5.41) is 20.1. The molecule has 0 aliphatic rings. The van der Waals surface area contributed by atoms with E-state index >= 15 is 0 Å². The van der Waals surface area contributed by atoms with Crippen LogP contribution in [0, 0.1) is 6.54 Å². The number of hydrogen-bond donors (Lipinski definition) is 7. The number of phosphoric acid groups is 1. The van der Waals surface area contributed by atoms with Gasteiger partial charge in [0.2, 0.25) is 5.91 Å². The van der Waals surface area contributed by atoms with E-state index in [9.17, 15) is 19.3 Å². The summed E-state index contributed by atoms with van der Waals surface area (Å²) in [4.78, 5) is 39.4. The largest absolute Gasteiger partial charge is 1.00 e. The number of amides is 1. The second-order valence-electron chi connectivity index (χ2n) is 4.30. The van der Waals surface area contributed by atoms with Gasteiger partial charge in [0, 0.05) is 0 Å². The number of phenolic OH excluding ortho intramolecular Hbond substituents is 1. The van der Waals surface area contributed by atoms with Gasteiger partial charge in [-0.05, 0) is 24.1 Å². The Morgan fingerprint density at radius 3 is 2.46 bits per heavy atom. The van der Waals surface area contributed by atoms with Crippen LogP contribution in [0.2, 0.25) is 0 Å². The van der Waals surface area contributed by atoms with E-state index in [1.165, 1.54) is 6.07 Å². The Kier molecular flexibility index (Phi) is 10.3. The summed E-state index contributed by atoms with van der Waals surface area (Å²) in [7, 11) is -4.81. The molecule has 0 bridgehead atoms. The van der Waals surface area contributed by atoms with Gasteiger partial charge in [0.25, 0.3) is 0 Å². The van der Waals surface area contributed by atoms with Crippen LogP contribution in [0.3, 0.4) is 0 Å². The summed E-state index contributed by atoms with van der Waals surface area (Å²) in [6.07, 6.45) is -0.0282. The molecule has 128 valence electrons. The van der Waals surface area contributed by atoms with Gasteiger partial charge in [-0.3, -0.25) is 25.2 Å². The number of carbonyl (C=O) groups excluding carboxylic acids is 1. The summed E-state index contributed by atoms with van der Waals surface area (Å²) in [6.45, 7) is 0.543. The van der Waals surface area contributed by atoms with Gasteiger partial charge in [0.05, 0.1) is 0 Å². The van der Waals surface area contributed by atoms with E-state index in [4.69, 9.17) is 20.7 Å². The molecule has 1 amide bonds. The quantitative estimate of drug-likeness (QED) is 0.0911. The van der Waals surface area contributed by atoms with Crippen molar-refractivity contribution in [2.45, 2.75) is 12.5 Å². The number of carboxylic acids is 1. The van der Waals surface area contributed by atoms with Gasteiger partial charge in [-0.1, -0.05) is 6.07 Å². The SMILES string of the molecule is NNC(Cc1ccc(OP(=O)(O)O)c(O)c1)C(=O)N[CH-]C(=O)O.[Rb+]. The van der Waals surface area contributed by atoms with E-state index in [0.29, 0.717) is 12.1 Å². The normalized spacial score (nSPS) is 11.8. The number of benzene rings is 1. The Morgan fingerprint density at radius 1 is 1.38 bits per heavy atom. The first-order valence-electron chi connectivity index (χ1n) is 6.02. The molecule has 24 heavy (non-hydrogen) atoms. The van der Waals surface area contributed by atoms with Crippen LogP contribution in [0.25, 0.3) is 0 Å². The predicted octanol–water partition coefficient (Wildman–Crippen LogP) is -4.40. The molecule has 0 aromatic heterocycles. The van der Waals surface area contributed by atoms with Gasteiger partial charge in [0.1, 0.15) is 6.04 Å². The monoisotopic (exact) mass is 433 g/mol. The molecule has 1 aromatic carbocycles. The Bertz CT molecular complexity index is 638. The number of aromatic hydroxyl groups is 1. The Morgan fingerprint density at radius 2 is 2.00 bits per heavy atom. The molecule has 0 fully saturated rings. The molecule has 0 saturated carbocycles. The second kappa shape index (κ2) is 10.5. The minimum Gasteiger partial charge on any atom is -0.504 e. The molecule has 0 radical (unpaired) electrons. The molecule has 11 nitrogen and oxygen atoms in total. The number of hydrazine groups is 1. The van der Waals surface area contributed by atoms with E-state index in [-0.39, 0.29) is 64.6 Å². The molecule has 1 aromatic rings. The van der Waals surface area contributed by atoms with Crippen molar-refractivity contribution < 1.29 is 96.9 Å². The number of aliphatic carboxylic acids is 1. The van der Waals surface area contributed by atoms with Gasteiger partial charge >= 0.3 is 66.0 Å². The summed E-state index contributed by atoms with van der Waals surface area (Å²) in [5.41, 5.74) is 2.57. The summed E-state index contributed by atoms with van der Waals surface area (Å²) in [5.74, 6) is 2.19. The van der Waals surface area contributed by atoms with E-state index in [1.807, 2.05) is 5.32 Å². The van der Waals surface area contributed by atoms with Gasteiger partial charge in [-0.2, -0.15) is 6.54 Å². The van der Waals surface area contributed by atoms with Crippen LogP contribution in [-0.4, -0.2) is 37.9 Å². The second-order valence-corrected chi connectivity index (χ2v) is 5.46. The number of carboxylic acid groups (broad SMARTS) is 1. The van der Waals surface area contributed by atoms with Crippen LogP contribution < -0.4 is 79.3 Å². The van der Waals surface area contributed by atoms with Gasteiger partial charge in [-0.25, -0.2) is 9.99 Å². The van der Waals surface area contributed by atoms with Crippen molar-refractivity contribution in [2.75, 3.05) is 0 Å². The van der Waals surface area contributed by atoms with Crippen molar-refractivity contribution in [1.29, 1.82) is 0 Å². The van der Waals surface area contributed by atoms with Crippen molar-refractivity contribution in [2.24, 2.45) is 5.84 Å². The molecule has 1 rings (SSSR count). The molecular weight excluding hydrogens is 419 g/mol. The molecule has 0 aliphatic carbocycles. The average molecular weight is 434 g/mol. The third-order valence-corrected chi connectivity index (χ3v) is 2.97. The van der Waals surface area contributed by atoms with Crippen LogP contribution in [-0.2, 0) is 20.6 Å². The molecule has 1 atom stereocenters. The van der Waals surface area contributed by atoms with Crippen LogP contribution in [0.5, 0.6) is 11.5 Å². The summed E-state index contributed by atoms with van der Waals surface area (Å²) < 4.78 is 15.0. The van der Waals surface area contributed by atoms with E-state index in [1.54, 1.807) is 0 Å². The van der Waals surface area contributed by atoms with Crippen LogP contribution in [0.4, 0.5) is 0 Å². The molecule has 0 saturated heterocycles. The molecule has 8 N–H and O–H groups in total. The first-order valence-corrected chi connectivity index (χ1v) is 7.55. The van der Waals surface area contributed by atoms with Gasteiger partial charge in [-0.15, -0.1) is 0 Å². The molecule has 0 spiro atoms. The zero-order valence-electron chi connectivity index (χ0n) is 12.5. The maximum Gasteiger partial charge on any atom is 1.00 e. The molecular formula is C11H15N3O8PRb. The first-order chi connectivity index (χ1) is 10.6. The molecule has 13 heteroatoms. The van der Waals surface area contributed by atoms with Crippen LogP contribution in [0.15, 0.2) is 18.2 Å². The van der Waals surface area contributed by atoms with Crippen molar-refractivity contribution in [3.05, 3.63) is 30.3 Å². The fourth-order valence-corrected chi connectivity index (χ4v) is 2.00. The minimum atomic E-state index is -4.81. The number of nitrogens with one attached hydrogen (secondary N) is 2. The Balaban J connectivity index is 0.00000529. The molecule has 0 aliphatic heterocycles. The maximum absolute atomic E-state index is 11.7. The zero-order chi connectivity index (χ0) is 17.6. The third kappa shape index (κ3) is 8.56. The summed E-state index contributed by atoms with van der Waals surface area (Å²) >= 11 is 0. The third-order valence-electron chi connectivity index (χ3n) is 2.54. The zero-order valence-corrected chi connectivity index (χ0v) is 18.4. The number of phenols is 1. The van der Waals surface area contributed by atoms with Crippen LogP contribution >= 0.6 is 7.82 Å². The van der Waals surface area contributed by atoms with Gasteiger partial charge < -0.3 is 20.1 Å². The molecule has 0 heterocycles. The number of phosphoric ester groups is 1. The Hall–Kier alpha value is -0.495. The van der Waals surface area contributed by atoms with Gasteiger partial charge in [0.15, 0.2) is 17.5 Å². The number of carbonyl (C=O) groups is 2. The first kappa shape index (κ1) is 23.5. The van der Waals surface area contributed by atoms with Crippen LogP contribution in [0.1, 0.15) is 5.56 Å². The average Bonchev–Trinajstić information content (AvgIpc) is 2.43. The number of nitrogens with two attached hydrogens (primary N) is 1. The number of rotatable bonds is 8. The number of hydrogen-bond acceptors (Lipinski definition) is 7. The van der Waals surface area contributed by atoms with Crippen molar-refractivity contribution in [1.82, 2.24) is 10.7 Å². The van der Waals surface area contributed by atoms with Crippen molar-refractivity contribution in [3.8, 4) is 11.5 Å². The van der Waals surface area contributed by atoms with E-state index < -0.39 is 37.2 Å². The fourth-order valence-electron chi connectivity index (χ4n) is 1.59. The standard InChI is InChI=1S/C11H15N3O8P.Rb/c12-14-7(11(18)13-5-10(16)17)3-6-1-2-9(8(15)4-6)22-23(19,20)21;/h1-2,4-5,7,14-15H,3,12H2,(H,13,18)(H,16,17)(H2,19,20,21);/q-1;+1. The topological polar surface area (TPSA) is 191 Å². The fraction of sp³-hybridized carbons (Fsp3) is 0.182. The predicted molar refractivity (Wildman–Crippen MR) is 75.7 cm³/mol. The maximum atomic E-state index is 11.7. The van der Waals surface area contributed by atoms with E-state index in [0.717, 1.165) is 12.1 Å².